The molecule has 1 rings (SSSR count). The van der Waals surface area contributed by atoms with E-state index in [0.29, 0.717) is 4.47 Å². The van der Waals surface area contributed by atoms with Crippen LogP contribution in [0.15, 0.2) is 28.7 Å². The van der Waals surface area contributed by atoms with Crippen LogP contribution in [-0.2, 0) is 0 Å². The fourth-order valence-corrected chi connectivity index (χ4v) is 1.36. The van der Waals surface area contributed by atoms with Crippen molar-refractivity contribution in [1.82, 2.24) is 0 Å². The lowest BCUT2D eigenvalue weighted by atomic mass is 10.2. The van der Waals surface area contributed by atoms with E-state index in [1.54, 1.807) is 25.1 Å². The van der Waals surface area contributed by atoms with E-state index in [4.69, 9.17) is 5.11 Å². The third-order valence-electron chi connectivity index (χ3n) is 1.52. The van der Waals surface area contributed by atoms with Crippen molar-refractivity contribution in [3.8, 4) is 0 Å². The van der Waals surface area contributed by atoms with Gasteiger partial charge in [0.15, 0.2) is 0 Å². The summed E-state index contributed by atoms with van der Waals surface area (Å²) in [5.41, 5.74) is 0.849. The highest BCUT2D eigenvalue weighted by molar-refractivity contribution is 9.10. The van der Waals surface area contributed by atoms with Gasteiger partial charge >= 0.3 is 0 Å². The molecule has 1 aromatic rings. The van der Waals surface area contributed by atoms with Crippen LogP contribution in [0.2, 0.25) is 0 Å². The van der Waals surface area contributed by atoms with Crippen molar-refractivity contribution in [3.63, 3.8) is 0 Å². The third kappa shape index (κ3) is 3.28. The summed E-state index contributed by atoms with van der Waals surface area (Å²) in [5, 5.41) is 8.98. The number of hydrogen-bond donors (Lipinski definition) is 1. The molecule has 0 bridgehead atoms. The Kier molecular flexibility index (Phi) is 3.63. The molecule has 0 aliphatic heterocycles. The van der Waals surface area contributed by atoms with E-state index in [9.17, 15) is 4.39 Å². The molecule has 0 amide bonds. The Morgan fingerprint density at radius 1 is 1.54 bits per heavy atom. The van der Waals surface area contributed by atoms with E-state index in [0.717, 1.165) is 5.56 Å². The number of aliphatic hydroxyl groups excluding tert-OH is 1. The van der Waals surface area contributed by atoms with Gasteiger partial charge in [0.2, 0.25) is 0 Å². The highest BCUT2D eigenvalue weighted by Gasteiger charge is 1.97. The number of rotatable bonds is 2. The number of halogens is 2. The quantitative estimate of drug-likeness (QED) is 0.849. The number of aliphatic hydroxyl groups is 1. The van der Waals surface area contributed by atoms with Gasteiger partial charge in [0, 0.05) is 4.47 Å². The van der Waals surface area contributed by atoms with Gasteiger partial charge in [-0.3, -0.25) is 0 Å². The average molecular weight is 245 g/mol. The molecule has 1 nitrogen and oxygen atoms in total. The van der Waals surface area contributed by atoms with E-state index in [2.05, 4.69) is 15.9 Å². The van der Waals surface area contributed by atoms with Gasteiger partial charge in [-0.1, -0.05) is 34.1 Å². The van der Waals surface area contributed by atoms with Crippen LogP contribution in [-0.4, -0.2) is 11.2 Å². The zero-order valence-corrected chi connectivity index (χ0v) is 8.75. The Hall–Kier alpha value is -0.670. The van der Waals surface area contributed by atoms with Gasteiger partial charge in [-0.15, -0.1) is 0 Å². The van der Waals surface area contributed by atoms with Crippen LogP contribution in [0, 0.1) is 5.82 Å². The average Bonchev–Trinajstić information content (AvgIpc) is 2.02. The van der Waals surface area contributed by atoms with Gasteiger partial charge in [-0.25, -0.2) is 4.39 Å². The van der Waals surface area contributed by atoms with E-state index in [1.165, 1.54) is 12.1 Å². The van der Waals surface area contributed by atoms with Crippen molar-refractivity contribution in [3.05, 3.63) is 40.1 Å². The van der Waals surface area contributed by atoms with Crippen molar-refractivity contribution >= 4 is 22.0 Å². The minimum atomic E-state index is -0.489. The van der Waals surface area contributed by atoms with Gasteiger partial charge < -0.3 is 5.11 Å². The predicted octanol–water partition coefficient (Wildman–Crippen LogP) is 2.98. The summed E-state index contributed by atoms with van der Waals surface area (Å²) in [4.78, 5) is 0. The van der Waals surface area contributed by atoms with Crippen LogP contribution >= 0.6 is 15.9 Å². The highest BCUT2D eigenvalue weighted by Crippen LogP contribution is 2.19. The smallest absolute Gasteiger partial charge is 0.124 e. The normalized spacial score (nSPS) is 13.5. The molecule has 0 aliphatic rings. The van der Waals surface area contributed by atoms with Crippen molar-refractivity contribution in [1.29, 1.82) is 0 Å². The van der Waals surface area contributed by atoms with Gasteiger partial charge in [-0.05, 0) is 24.6 Å². The SMILES string of the molecule is CC(O)/C=C/c1ccc(F)cc1Br. The summed E-state index contributed by atoms with van der Waals surface area (Å²) in [5.74, 6) is -0.277. The van der Waals surface area contributed by atoms with Crippen LogP contribution in [0.25, 0.3) is 6.08 Å². The van der Waals surface area contributed by atoms with Crippen LogP contribution in [0.5, 0.6) is 0 Å². The molecule has 1 unspecified atom stereocenters. The molecule has 0 spiro atoms. The molecular weight excluding hydrogens is 235 g/mol. The van der Waals surface area contributed by atoms with Gasteiger partial charge in [-0.2, -0.15) is 0 Å². The molecule has 1 aromatic carbocycles. The molecular formula is C10H10BrFO. The van der Waals surface area contributed by atoms with E-state index in [-0.39, 0.29) is 5.82 Å². The van der Waals surface area contributed by atoms with E-state index in [1.807, 2.05) is 0 Å². The first-order chi connectivity index (χ1) is 6.09. The maximum atomic E-state index is 12.6. The van der Waals surface area contributed by atoms with Crippen LogP contribution in [0.1, 0.15) is 12.5 Å². The lowest BCUT2D eigenvalue weighted by Crippen LogP contribution is -1.91. The Morgan fingerprint density at radius 2 is 2.23 bits per heavy atom. The molecule has 0 heterocycles. The fraction of sp³-hybridized carbons (Fsp3) is 0.200. The molecule has 70 valence electrons. The largest absolute Gasteiger partial charge is 0.389 e. The summed E-state index contributed by atoms with van der Waals surface area (Å²) >= 11 is 3.22. The zero-order valence-electron chi connectivity index (χ0n) is 7.17. The van der Waals surface area contributed by atoms with Gasteiger partial charge in [0.1, 0.15) is 5.82 Å². The topological polar surface area (TPSA) is 20.2 Å². The Labute approximate surface area is 85.0 Å². The monoisotopic (exact) mass is 244 g/mol. The fourth-order valence-electron chi connectivity index (χ4n) is 0.880. The standard InChI is InChI=1S/C10H10BrFO/c1-7(13)2-3-8-4-5-9(12)6-10(8)11/h2-7,13H,1H3/b3-2+. The Balaban J connectivity index is 2.90. The minimum Gasteiger partial charge on any atom is -0.389 e. The van der Waals surface area contributed by atoms with Crippen molar-refractivity contribution < 1.29 is 9.50 Å². The van der Waals surface area contributed by atoms with Crippen LogP contribution in [0.4, 0.5) is 4.39 Å². The molecule has 13 heavy (non-hydrogen) atoms. The lowest BCUT2D eigenvalue weighted by Gasteiger charge is -1.99. The molecule has 3 heteroatoms. The highest BCUT2D eigenvalue weighted by atomic mass is 79.9. The number of benzene rings is 1. The first-order valence-corrected chi connectivity index (χ1v) is 4.70. The van der Waals surface area contributed by atoms with E-state index >= 15 is 0 Å². The van der Waals surface area contributed by atoms with Crippen molar-refractivity contribution in [2.24, 2.45) is 0 Å². The lowest BCUT2D eigenvalue weighted by molar-refractivity contribution is 0.245. The summed E-state index contributed by atoms with van der Waals surface area (Å²) < 4.78 is 13.3. The van der Waals surface area contributed by atoms with Gasteiger partial charge in [0.25, 0.3) is 0 Å². The molecule has 0 aromatic heterocycles. The molecule has 0 aliphatic carbocycles. The second-order valence-electron chi connectivity index (χ2n) is 2.77. The molecule has 0 radical (unpaired) electrons. The van der Waals surface area contributed by atoms with Crippen molar-refractivity contribution in [2.45, 2.75) is 13.0 Å². The zero-order chi connectivity index (χ0) is 9.84. The molecule has 1 atom stereocenters. The van der Waals surface area contributed by atoms with Gasteiger partial charge in [0.05, 0.1) is 6.10 Å². The second kappa shape index (κ2) is 4.53. The third-order valence-corrected chi connectivity index (χ3v) is 2.20. The molecule has 0 saturated heterocycles. The Bertz CT molecular complexity index is 321. The van der Waals surface area contributed by atoms with E-state index < -0.39 is 6.10 Å². The molecule has 0 saturated carbocycles. The first kappa shape index (κ1) is 10.4. The first-order valence-electron chi connectivity index (χ1n) is 3.91. The predicted molar refractivity (Wildman–Crippen MR) is 54.8 cm³/mol. The van der Waals surface area contributed by atoms with Crippen LogP contribution in [0.3, 0.4) is 0 Å². The second-order valence-corrected chi connectivity index (χ2v) is 3.62. The molecule has 1 N–H and O–H groups in total. The summed E-state index contributed by atoms with van der Waals surface area (Å²) in [6.07, 6.45) is 2.89. The van der Waals surface area contributed by atoms with Crippen LogP contribution < -0.4 is 0 Å². The summed E-state index contributed by atoms with van der Waals surface area (Å²) in [6.45, 7) is 1.66. The maximum Gasteiger partial charge on any atom is 0.124 e. The van der Waals surface area contributed by atoms with Crippen molar-refractivity contribution in [2.75, 3.05) is 0 Å². The molecule has 0 fully saturated rings. The number of hydrogen-bond acceptors (Lipinski definition) is 1. The maximum absolute atomic E-state index is 12.6. The summed E-state index contributed by atoms with van der Waals surface area (Å²) in [7, 11) is 0. The Morgan fingerprint density at radius 3 is 2.77 bits per heavy atom. The minimum absolute atomic E-state index is 0.277. The summed E-state index contributed by atoms with van der Waals surface area (Å²) in [6, 6.07) is 4.42.